The molecule has 0 radical (unpaired) electrons. The van der Waals surface area contributed by atoms with Gasteiger partial charge in [-0.2, -0.15) is 0 Å². The molecule has 0 saturated heterocycles. The average molecular weight is 203 g/mol. The molecular formula is C12H13NO2. The van der Waals surface area contributed by atoms with Crippen LogP contribution in [0.4, 0.5) is 0 Å². The molecule has 0 aromatic heterocycles. The molecule has 1 aromatic rings. The number of amides is 1. The Morgan fingerprint density at radius 3 is 2.93 bits per heavy atom. The molecule has 1 rings (SSSR count). The van der Waals surface area contributed by atoms with Crippen LogP contribution >= 0.6 is 0 Å². The summed E-state index contributed by atoms with van der Waals surface area (Å²) in [6.07, 6.45) is 5.06. The fourth-order valence-corrected chi connectivity index (χ4v) is 1.23. The van der Waals surface area contributed by atoms with Crippen molar-refractivity contribution in [2.24, 2.45) is 0 Å². The van der Waals surface area contributed by atoms with Gasteiger partial charge in [0.15, 0.2) is 0 Å². The SMILES string of the molecule is C#CCNC(=O)c1cc(C)ccc1OC. The van der Waals surface area contributed by atoms with Crippen molar-refractivity contribution in [1.29, 1.82) is 0 Å². The van der Waals surface area contributed by atoms with E-state index >= 15 is 0 Å². The maximum Gasteiger partial charge on any atom is 0.255 e. The van der Waals surface area contributed by atoms with Gasteiger partial charge in [0.25, 0.3) is 5.91 Å². The predicted octanol–water partition coefficient (Wildman–Crippen LogP) is 1.37. The van der Waals surface area contributed by atoms with Gasteiger partial charge in [0.05, 0.1) is 19.2 Å². The number of methoxy groups -OCH3 is 1. The van der Waals surface area contributed by atoms with E-state index < -0.39 is 0 Å². The molecule has 0 unspecified atom stereocenters. The van der Waals surface area contributed by atoms with Crippen LogP contribution in [0.5, 0.6) is 5.75 Å². The maximum absolute atomic E-state index is 11.6. The smallest absolute Gasteiger partial charge is 0.255 e. The lowest BCUT2D eigenvalue weighted by atomic mass is 10.1. The number of rotatable bonds is 3. The lowest BCUT2D eigenvalue weighted by molar-refractivity contribution is 0.0955. The van der Waals surface area contributed by atoms with Crippen molar-refractivity contribution in [2.45, 2.75) is 6.92 Å². The summed E-state index contributed by atoms with van der Waals surface area (Å²) in [5.74, 6) is 2.68. The van der Waals surface area contributed by atoms with E-state index in [-0.39, 0.29) is 12.5 Å². The third kappa shape index (κ3) is 2.75. The second-order valence-electron chi connectivity index (χ2n) is 3.09. The van der Waals surface area contributed by atoms with Gasteiger partial charge in [-0.05, 0) is 19.1 Å². The molecule has 3 heteroatoms. The van der Waals surface area contributed by atoms with Gasteiger partial charge in [-0.25, -0.2) is 0 Å². The largest absolute Gasteiger partial charge is 0.496 e. The van der Waals surface area contributed by atoms with Gasteiger partial charge in [-0.1, -0.05) is 17.6 Å². The summed E-state index contributed by atoms with van der Waals surface area (Å²) in [4.78, 5) is 11.6. The Labute approximate surface area is 89.4 Å². The highest BCUT2D eigenvalue weighted by Gasteiger charge is 2.10. The summed E-state index contributed by atoms with van der Waals surface area (Å²) in [7, 11) is 1.53. The molecule has 3 nitrogen and oxygen atoms in total. The minimum Gasteiger partial charge on any atom is -0.496 e. The fourth-order valence-electron chi connectivity index (χ4n) is 1.23. The number of terminal acetylenes is 1. The van der Waals surface area contributed by atoms with Gasteiger partial charge < -0.3 is 10.1 Å². The van der Waals surface area contributed by atoms with Gasteiger partial charge in [0.1, 0.15) is 5.75 Å². The normalized spacial score (nSPS) is 9.13. The molecule has 78 valence electrons. The van der Waals surface area contributed by atoms with E-state index in [4.69, 9.17) is 11.2 Å². The summed E-state index contributed by atoms with van der Waals surface area (Å²) in [6.45, 7) is 2.13. The van der Waals surface area contributed by atoms with Crippen molar-refractivity contribution in [3.8, 4) is 18.1 Å². The minimum absolute atomic E-state index is 0.214. The van der Waals surface area contributed by atoms with Crippen LogP contribution in [-0.2, 0) is 0 Å². The Hall–Kier alpha value is -1.95. The van der Waals surface area contributed by atoms with Crippen LogP contribution in [-0.4, -0.2) is 19.6 Å². The van der Waals surface area contributed by atoms with Crippen LogP contribution in [0.2, 0.25) is 0 Å². The van der Waals surface area contributed by atoms with E-state index in [1.54, 1.807) is 12.1 Å². The Morgan fingerprint density at radius 1 is 1.60 bits per heavy atom. The molecule has 0 atom stereocenters. The summed E-state index contributed by atoms with van der Waals surface area (Å²) >= 11 is 0. The second-order valence-corrected chi connectivity index (χ2v) is 3.09. The van der Waals surface area contributed by atoms with Gasteiger partial charge in [-0.15, -0.1) is 6.42 Å². The third-order valence-electron chi connectivity index (χ3n) is 1.95. The van der Waals surface area contributed by atoms with Crippen molar-refractivity contribution in [3.05, 3.63) is 29.3 Å². The summed E-state index contributed by atoms with van der Waals surface area (Å²) in [6, 6.07) is 5.42. The highest BCUT2D eigenvalue weighted by molar-refractivity contribution is 5.97. The van der Waals surface area contributed by atoms with Crippen molar-refractivity contribution in [1.82, 2.24) is 5.32 Å². The first-order chi connectivity index (χ1) is 7.19. The van der Waals surface area contributed by atoms with Gasteiger partial charge in [-0.3, -0.25) is 4.79 Å². The van der Waals surface area contributed by atoms with Crippen LogP contribution in [0.3, 0.4) is 0 Å². The van der Waals surface area contributed by atoms with Crippen molar-refractivity contribution < 1.29 is 9.53 Å². The quantitative estimate of drug-likeness (QED) is 0.753. The molecule has 0 heterocycles. The Bertz CT molecular complexity index is 405. The molecular weight excluding hydrogens is 190 g/mol. The van der Waals surface area contributed by atoms with Gasteiger partial charge >= 0.3 is 0 Å². The van der Waals surface area contributed by atoms with Crippen molar-refractivity contribution in [2.75, 3.05) is 13.7 Å². The topological polar surface area (TPSA) is 38.3 Å². The third-order valence-corrected chi connectivity index (χ3v) is 1.95. The molecule has 0 bridgehead atoms. The van der Waals surface area contributed by atoms with Crippen molar-refractivity contribution in [3.63, 3.8) is 0 Å². The van der Waals surface area contributed by atoms with Crippen LogP contribution in [0.25, 0.3) is 0 Å². The summed E-state index contributed by atoms with van der Waals surface area (Å²) < 4.78 is 5.09. The van der Waals surface area contributed by atoms with E-state index in [9.17, 15) is 4.79 Å². The zero-order valence-electron chi connectivity index (χ0n) is 8.83. The lowest BCUT2D eigenvalue weighted by Gasteiger charge is -2.08. The van der Waals surface area contributed by atoms with E-state index in [1.165, 1.54) is 7.11 Å². The number of nitrogens with one attached hydrogen (secondary N) is 1. The number of hydrogen-bond acceptors (Lipinski definition) is 2. The molecule has 15 heavy (non-hydrogen) atoms. The molecule has 1 N–H and O–H groups in total. The zero-order chi connectivity index (χ0) is 11.3. The summed E-state index contributed by atoms with van der Waals surface area (Å²) in [5.41, 5.74) is 1.51. The lowest BCUT2D eigenvalue weighted by Crippen LogP contribution is -2.24. The van der Waals surface area contributed by atoms with Crippen LogP contribution in [0.15, 0.2) is 18.2 Å². The van der Waals surface area contributed by atoms with E-state index in [0.717, 1.165) is 5.56 Å². The van der Waals surface area contributed by atoms with Crippen LogP contribution in [0.1, 0.15) is 15.9 Å². The number of benzene rings is 1. The number of hydrogen-bond donors (Lipinski definition) is 1. The summed E-state index contributed by atoms with van der Waals surface area (Å²) in [5, 5.41) is 2.60. The zero-order valence-corrected chi connectivity index (χ0v) is 8.83. The Morgan fingerprint density at radius 2 is 2.33 bits per heavy atom. The first-order valence-electron chi connectivity index (χ1n) is 4.55. The minimum atomic E-state index is -0.214. The molecule has 0 saturated carbocycles. The second kappa shape index (κ2) is 5.06. The molecule has 0 fully saturated rings. The molecule has 0 spiro atoms. The van der Waals surface area contributed by atoms with Gasteiger partial charge in [0, 0.05) is 0 Å². The molecule has 0 aliphatic heterocycles. The van der Waals surface area contributed by atoms with E-state index in [2.05, 4.69) is 11.2 Å². The van der Waals surface area contributed by atoms with Crippen LogP contribution < -0.4 is 10.1 Å². The number of ether oxygens (including phenoxy) is 1. The average Bonchev–Trinajstić information content (AvgIpc) is 2.25. The predicted molar refractivity (Wildman–Crippen MR) is 58.9 cm³/mol. The number of aryl methyl sites for hydroxylation is 1. The molecule has 1 amide bonds. The Kier molecular flexibility index (Phi) is 3.75. The highest BCUT2D eigenvalue weighted by Crippen LogP contribution is 2.19. The highest BCUT2D eigenvalue weighted by atomic mass is 16.5. The monoisotopic (exact) mass is 203 g/mol. The first kappa shape index (κ1) is 11.1. The number of carbonyl (C=O) groups excluding carboxylic acids is 1. The van der Waals surface area contributed by atoms with E-state index in [1.807, 2.05) is 13.0 Å². The number of carbonyl (C=O) groups is 1. The maximum atomic E-state index is 11.6. The van der Waals surface area contributed by atoms with Gasteiger partial charge in [0.2, 0.25) is 0 Å². The standard InChI is InChI=1S/C12H13NO2/c1-4-7-13-12(14)10-8-9(2)5-6-11(10)15-3/h1,5-6,8H,7H2,2-3H3,(H,13,14). The Balaban J connectivity index is 2.96. The van der Waals surface area contributed by atoms with E-state index in [0.29, 0.717) is 11.3 Å². The first-order valence-corrected chi connectivity index (χ1v) is 4.55. The molecule has 1 aromatic carbocycles. The van der Waals surface area contributed by atoms with Crippen molar-refractivity contribution >= 4 is 5.91 Å². The molecule has 0 aliphatic carbocycles. The van der Waals surface area contributed by atoms with Crippen LogP contribution in [0, 0.1) is 19.3 Å². The fraction of sp³-hybridized carbons (Fsp3) is 0.250. The molecule has 0 aliphatic rings.